The van der Waals surface area contributed by atoms with Gasteiger partial charge in [0.2, 0.25) is 5.91 Å². The fourth-order valence-corrected chi connectivity index (χ4v) is 1.92. The van der Waals surface area contributed by atoms with Crippen LogP contribution in [0.1, 0.15) is 24.8 Å². The third kappa shape index (κ3) is 5.88. The van der Waals surface area contributed by atoms with E-state index in [1.165, 1.54) is 24.3 Å². The van der Waals surface area contributed by atoms with Gasteiger partial charge in [0.15, 0.2) is 0 Å². The van der Waals surface area contributed by atoms with Crippen molar-refractivity contribution in [1.82, 2.24) is 5.32 Å². The minimum atomic E-state index is -1.09. The highest BCUT2D eigenvalue weighted by Crippen LogP contribution is 2.12. The van der Waals surface area contributed by atoms with E-state index in [2.05, 4.69) is 5.32 Å². The highest BCUT2D eigenvalue weighted by Gasteiger charge is 2.19. The van der Waals surface area contributed by atoms with Crippen LogP contribution in [-0.4, -0.2) is 34.5 Å². The van der Waals surface area contributed by atoms with Crippen molar-refractivity contribution in [2.75, 3.05) is 6.54 Å². The molecule has 0 saturated carbocycles. The van der Waals surface area contributed by atoms with Gasteiger partial charge in [0.05, 0.1) is 11.3 Å². The summed E-state index contributed by atoms with van der Waals surface area (Å²) in [5, 5.41) is 22.0. The van der Waals surface area contributed by atoms with Crippen molar-refractivity contribution < 1.29 is 19.6 Å². The molecular weight excluding hydrogens is 290 g/mol. The number of nitro benzene ring substituents is 1. The Balaban J connectivity index is 2.55. The van der Waals surface area contributed by atoms with E-state index >= 15 is 0 Å². The molecule has 22 heavy (non-hydrogen) atoms. The van der Waals surface area contributed by atoms with Crippen LogP contribution in [0.2, 0.25) is 0 Å². The van der Waals surface area contributed by atoms with Gasteiger partial charge in [-0.3, -0.25) is 14.9 Å². The van der Waals surface area contributed by atoms with E-state index in [0.717, 1.165) is 0 Å². The first-order valence-corrected chi connectivity index (χ1v) is 6.89. The highest BCUT2D eigenvalue weighted by atomic mass is 16.6. The van der Waals surface area contributed by atoms with Crippen molar-refractivity contribution in [1.29, 1.82) is 0 Å². The van der Waals surface area contributed by atoms with E-state index in [9.17, 15) is 19.7 Å². The van der Waals surface area contributed by atoms with Crippen molar-refractivity contribution in [3.63, 3.8) is 0 Å². The van der Waals surface area contributed by atoms with Gasteiger partial charge in [-0.25, -0.2) is 4.79 Å². The molecule has 0 aliphatic heterocycles. The molecule has 0 aromatic heterocycles. The van der Waals surface area contributed by atoms with Crippen LogP contribution in [0.5, 0.6) is 0 Å². The van der Waals surface area contributed by atoms with Crippen LogP contribution in [0.3, 0.4) is 0 Å². The molecule has 0 fully saturated rings. The summed E-state index contributed by atoms with van der Waals surface area (Å²) in [7, 11) is 0. The Kier molecular flexibility index (Phi) is 6.97. The first-order valence-electron chi connectivity index (χ1n) is 6.89. The lowest BCUT2D eigenvalue weighted by Crippen LogP contribution is -2.41. The number of carbonyl (C=O) groups is 2. The first-order chi connectivity index (χ1) is 10.4. The Morgan fingerprint density at radius 2 is 1.91 bits per heavy atom. The Bertz CT molecular complexity index is 530. The average Bonchev–Trinajstić information content (AvgIpc) is 2.46. The van der Waals surface area contributed by atoms with E-state index in [1.807, 2.05) is 0 Å². The fraction of sp³-hybridized carbons (Fsp3) is 0.429. The second-order valence-electron chi connectivity index (χ2n) is 4.84. The van der Waals surface area contributed by atoms with Gasteiger partial charge in [-0.05, 0) is 31.4 Å². The van der Waals surface area contributed by atoms with E-state index in [4.69, 9.17) is 10.8 Å². The zero-order chi connectivity index (χ0) is 16.5. The SMILES string of the molecule is NCCCC[C@H](NC(=O)Cc1ccc([N+](=O)[O-])cc1)C(=O)O. The second kappa shape index (κ2) is 8.73. The maximum Gasteiger partial charge on any atom is 0.326 e. The lowest BCUT2D eigenvalue weighted by molar-refractivity contribution is -0.384. The van der Waals surface area contributed by atoms with Gasteiger partial charge in [-0.15, -0.1) is 0 Å². The number of carbonyl (C=O) groups excluding carboxylic acids is 1. The summed E-state index contributed by atoms with van der Waals surface area (Å²) in [4.78, 5) is 32.9. The fourth-order valence-electron chi connectivity index (χ4n) is 1.92. The van der Waals surface area contributed by atoms with Crippen molar-refractivity contribution in [2.24, 2.45) is 5.73 Å². The molecule has 1 aromatic carbocycles. The van der Waals surface area contributed by atoms with Gasteiger partial charge in [-0.2, -0.15) is 0 Å². The van der Waals surface area contributed by atoms with Crippen LogP contribution in [-0.2, 0) is 16.0 Å². The molecular formula is C14H19N3O5. The van der Waals surface area contributed by atoms with E-state index in [-0.39, 0.29) is 12.1 Å². The number of nitrogens with two attached hydrogens (primary N) is 1. The Labute approximate surface area is 127 Å². The van der Waals surface area contributed by atoms with E-state index in [1.54, 1.807) is 0 Å². The Hall–Kier alpha value is -2.48. The van der Waals surface area contributed by atoms with Crippen LogP contribution >= 0.6 is 0 Å². The van der Waals surface area contributed by atoms with Gasteiger partial charge in [0, 0.05) is 12.1 Å². The number of aliphatic carboxylic acids is 1. The summed E-state index contributed by atoms with van der Waals surface area (Å²) >= 11 is 0. The van der Waals surface area contributed by atoms with Crippen LogP contribution in [0.4, 0.5) is 5.69 Å². The van der Waals surface area contributed by atoms with Gasteiger partial charge in [-0.1, -0.05) is 12.1 Å². The largest absolute Gasteiger partial charge is 0.480 e. The molecule has 0 radical (unpaired) electrons. The molecule has 1 atom stereocenters. The van der Waals surface area contributed by atoms with Gasteiger partial charge in [0.25, 0.3) is 5.69 Å². The maximum absolute atomic E-state index is 11.8. The predicted molar refractivity (Wildman–Crippen MR) is 79.3 cm³/mol. The number of benzene rings is 1. The van der Waals surface area contributed by atoms with Crippen LogP contribution < -0.4 is 11.1 Å². The molecule has 4 N–H and O–H groups in total. The summed E-state index contributed by atoms with van der Waals surface area (Å²) < 4.78 is 0. The van der Waals surface area contributed by atoms with E-state index in [0.29, 0.717) is 31.4 Å². The monoisotopic (exact) mass is 309 g/mol. The molecule has 0 bridgehead atoms. The molecule has 1 rings (SSSR count). The number of hydrogen-bond acceptors (Lipinski definition) is 5. The molecule has 0 saturated heterocycles. The number of non-ortho nitro benzene ring substituents is 1. The Morgan fingerprint density at radius 1 is 1.27 bits per heavy atom. The number of amides is 1. The van der Waals surface area contributed by atoms with Crippen molar-refractivity contribution in [3.05, 3.63) is 39.9 Å². The maximum atomic E-state index is 11.8. The molecule has 1 aromatic rings. The average molecular weight is 309 g/mol. The summed E-state index contributed by atoms with van der Waals surface area (Å²) in [6.07, 6.45) is 1.60. The number of nitro groups is 1. The third-order valence-electron chi connectivity index (χ3n) is 3.09. The lowest BCUT2D eigenvalue weighted by Gasteiger charge is -2.14. The molecule has 8 nitrogen and oxygen atoms in total. The number of carboxylic acid groups (broad SMARTS) is 1. The van der Waals surface area contributed by atoms with Crippen LogP contribution in [0.25, 0.3) is 0 Å². The summed E-state index contributed by atoms with van der Waals surface area (Å²) in [6.45, 7) is 0.475. The summed E-state index contributed by atoms with van der Waals surface area (Å²) in [5.74, 6) is -1.52. The summed E-state index contributed by atoms with van der Waals surface area (Å²) in [6, 6.07) is 4.61. The number of hydrogen-bond donors (Lipinski definition) is 3. The van der Waals surface area contributed by atoms with E-state index < -0.39 is 22.8 Å². The molecule has 0 unspecified atom stereocenters. The zero-order valence-electron chi connectivity index (χ0n) is 12.0. The van der Waals surface area contributed by atoms with Crippen molar-refractivity contribution in [3.8, 4) is 0 Å². The van der Waals surface area contributed by atoms with Gasteiger partial charge in [0.1, 0.15) is 6.04 Å². The summed E-state index contributed by atoms with van der Waals surface area (Å²) in [5.41, 5.74) is 5.86. The number of carboxylic acids is 1. The topological polar surface area (TPSA) is 136 Å². The zero-order valence-corrected chi connectivity index (χ0v) is 12.0. The van der Waals surface area contributed by atoms with Gasteiger partial charge >= 0.3 is 5.97 Å². The molecule has 0 aliphatic carbocycles. The van der Waals surface area contributed by atoms with Crippen LogP contribution in [0.15, 0.2) is 24.3 Å². The lowest BCUT2D eigenvalue weighted by atomic mass is 10.1. The second-order valence-corrected chi connectivity index (χ2v) is 4.84. The van der Waals surface area contributed by atoms with Crippen molar-refractivity contribution >= 4 is 17.6 Å². The number of rotatable bonds is 9. The Morgan fingerprint density at radius 3 is 2.41 bits per heavy atom. The molecule has 120 valence electrons. The van der Waals surface area contributed by atoms with Crippen LogP contribution in [0, 0.1) is 10.1 Å². The molecule has 0 heterocycles. The van der Waals surface area contributed by atoms with Crippen molar-refractivity contribution in [2.45, 2.75) is 31.7 Å². The number of nitrogens with zero attached hydrogens (tertiary/aromatic N) is 1. The molecule has 0 aliphatic rings. The molecule has 1 amide bonds. The minimum absolute atomic E-state index is 0.0291. The number of unbranched alkanes of at least 4 members (excludes halogenated alkanes) is 1. The smallest absolute Gasteiger partial charge is 0.326 e. The predicted octanol–water partition coefficient (Wildman–Crippen LogP) is 0.836. The first kappa shape index (κ1) is 17.6. The molecule has 0 spiro atoms. The standard InChI is InChI=1S/C14H19N3O5/c15-8-2-1-3-12(14(19)20)16-13(18)9-10-4-6-11(7-5-10)17(21)22/h4-7,12H,1-3,8-9,15H2,(H,16,18)(H,19,20)/t12-/m0/s1. The normalized spacial score (nSPS) is 11.7. The quantitative estimate of drug-likeness (QED) is 0.351. The third-order valence-corrected chi connectivity index (χ3v) is 3.09. The molecule has 8 heteroatoms. The number of nitrogens with one attached hydrogen (secondary N) is 1. The minimum Gasteiger partial charge on any atom is -0.480 e. The van der Waals surface area contributed by atoms with Gasteiger partial charge < -0.3 is 16.2 Å². The highest BCUT2D eigenvalue weighted by molar-refractivity contribution is 5.84.